The summed E-state index contributed by atoms with van der Waals surface area (Å²) in [6.45, 7) is 2.17. The molecule has 3 heteroatoms. The maximum Gasteiger partial charge on any atom is 0.133 e. The van der Waals surface area contributed by atoms with E-state index in [1.807, 2.05) is 19.1 Å². The van der Waals surface area contributed by atoms with E-state index >= 15 is 0 Å². The van der Waals surface area contributed by atoms with Crippen LogP contribution in [0.4, 0.5) is 0 Å². The highest BCUT2D eigenvalue weighted by atomic mass is 79.9. The average Bonchev–Trinajstić information content (AvgIpc) is 2.11. The van der Waals surface area contributed by atoms with Gasteiger partial charge in [0.25, 0.3) is 0 Å². The largest absolute Gasteiger partial charge is 0.496 e. The van der Waals surface area contributed by atoms with Gasteiger partial charge >= 0.3 is 0 Å². The fourth-order valence-corrected chi connectivity index (χ4v) is 1.85. The summed E-state index contributed by atoms with van der Waals surface area (Å²) in [5.74, 6) is 0.823. The van der Waals surface area contributed by atoms with Gasteiger partial charge in [-0.15, -0.1) is 0 Å². The van der Waals surface area contributed by atoms with Gasteiger partial charge in [-0.05, 0) is 46.5 Å². The molecular formula is C10H13BrO2. The molecule has 0 atom stereocenters. The van der Waals surface area contributed by atoms with E-state index in [-0.39, 0.29) is 6.61 Å². The molecule has 72 valence electrons. The van der Waals surface area contributed by atoms with Crippen LogP contribution in [0.25, 0.3) is 0 Å². The molecule has 0 saturated heterocycles. The molecule has 0 fully saturated rings. The van der Waals surface area contributed by atoms with Crippen LogP contribution in [-0.2, 0) is 6.42 Å². The second-order valence-electron chi connectivity index (χ2n) is 2.91. The number of ether oxygens (including phenoxy) is 1. The fraction of sp³-hybridized carbons (Fsp3) is 0.400. The second kappa shape index (κ2) is 4.63. The van der Waals surface area contributed by atoms with Crippen molar-refractivity contribution in [1.29, 1.82) is 0 Å². The molecule has 0 amide bonds. The Morgan fingerprint density at radius 1 is 1.46 bits per heavy atom. The van der Waals surface area contributed by atoms with Crippen LogP contribution in [0.15, 0.2) is 16.6 Å². The SMILES string of the molecule is COc1cc(C)cc(CCO)c1Br. The first kappa shape index (κ1) is 10.5. The standard InChI is InChI=1S/C10H13BrO2/c1-7-5-8(3-4-12)10(11)9(6-7)13-2/h5-6,12H,3-4H2,1-2H3. The molecule has 1 aromatic carbocycles. The van der Waals surface area contributed by atoms with Crippen LogP contribution in [0, 0.1) is 6.92 Å². The summed E-state index contributed by atoms with van der Waals surface area (Å²) in [6.07, 6.45) is 0.651. The number of methoxy groups -OCH3 is 1. The van der Waals surface area contributed by atoms with Crippen molar-refractivity contribution in [2.75, 3.05) is 13.7 Å². The highest BCUT2D eigenvalue weighted by molar-refractivity contribution is 9.10. The third-order valence-electron chi connectivity index (χ3n) is 1.86. The normalized spacial score (nSPS) is 10.2. The maximum atomic E-state index is 8.84. The number of hydrogen-bond donors (Lipinski definition) is 1. The van der Waals surface area contributed by atoms with E-state index in [2.05, 4.69) is 15.9 Å². The van der Waals surface area contributed by atoms with Crippen LogP contribution < -0.4 is 4.74 Å². The van der Waals surface area contributed by atoms with Crippen molar-refractivity contribution in [1.82, 2.24) is 0 Å². The van der Waals surface area contributed by atoms with Gasteiger partial charge in [-0.3, -0.25) is 0 Å². The third-order valence-corrected chi connectivity index (χ3v) is 2.76. The number of aliphatic hydroxyl groups is 1. The van der Waals surface area contributed by atoms with E-state index in [0.29, 0.717) is 6.42 Å². The van der Waals surface area contributed by atoms with Crippen LogP contribution in [0.3, 0.4) is 0 Å². The summed E-state index contributed by atoms with van der Waals surface area (Å²) in [5.41, 5.74) is 2.22. The van der Waals surface area contributed by atoms with Crippen molar-refractivity contribution in [2.45, 2.75) is 13.3 Å². The van der Waals surface area contributed by atoms with Crippen molar-refractivity contribution in [3.8, 4) is 5.75 Å². The van der Waals surface area contributed by atoms with Crippen LogP contribution in [0.5, 0.6) is 5.75 Å². The Bertz CT molecular complexity index is 297. The zero-order chi connectivity index (χ0) is 9.84. The summed E-state index contributed by atoms with van der Waals surface area (Å²) in [6, 6.07) is 4.01. The van der Waals surface area contributed by atoms with Gasteiger partial charge in [0.1, 0.15) is 5.75 Å². The summed E-state index contributed by atoms with van der Waals surface area (Å²) in [7, 11) is 1.64. The number of halogens is 1. The molecule has 1 N–H and O–H groups in total. The maximum absolute atomic E-state index is 8.84. The molecule has 0 bridgehead atoms. The van der Waals surface area contributed by atoms with E-state index in [9.17, 15) is 0 Å². The van der Waals surface area contributed by atoms with Gasteiger partial charge in [0.05, 0.1) is 11.6 Å². The molecule has 0 spiro atoms. The molecule has 0 saturated carbocycles. The monoisotopic (exact) mass is 244 g/mol. The number of benzene rings is 1. The minimum Gasteiger partial charge on any atom is -0.496 e. The van der Waals surface area contributed by atoms with Crippen molar-refractivity contribution in [3.05, 3.63) is 27.7 Å². The third kappa shape index (κ3) is 2.45. The summed E-state index contributed by atoms with van der Waals surface area (Å²) < 4.78 is 6.12. The molecule has 0 unspecified atom stereocenters. The van der Waals surface area contributed by atoms with Gasteiger partial charge in [-0.2, -0.15) is 0 Å². The zero-order valence-corrected chi connectivity index (χ0v) is 9.39. The highest BCUT2D eigenvalue weighted by Crippen LogP contribution is 2.30. The Balaban J connectivity index is 3.11. The summed E-state index contributed by atoms with van der Waals surface area (Å²) in [4.78, 5) is 0. The highest BCUT2D eigenvalue weighted by Gasteiger charge is 2.06. The predicted octanol–water partition coefficient (Wildman–Crippen LogP) is 2.30. The lowest BCUT2D eigenvalue weighted by Gasteiger charge is -2.09. The van der Waals surface area contributed by atoms with Crippen LogP contribution >= 0.6 is 15.9 Å². The van der Waals surface area contributed by atoms with Crippen LogP contribution in [-0.4, -0.2) is 18.8 Å². The first-order valence-corrected chi connectivity index (χ1v) is 4.92. The predicted molar refractivity (Wildman–Crippen MR) is 56.2 cm³/mol. The molecule has 13 heavy (non-hydrogen) atoms. The zero-order valence-electron chi connectivity index (χ0n) is 7.80. The number of aliphatic hydroxyl groups excluding tert-OH is 1. The van der Waals surface area contributed by atoms with Crippen molar-refractivity contribution >= 4 is 15.9 Å². The molecule has 0 radical (unpaired) electrons. The van der Waals surface area contributed by atoms with Crippen molar-refractivity contribution in [2.24, 2.45) is 0 Å². The molecule has 0 aliphatic heterocycles. The quantitative estimate of drug-likeness (QED) is 0.885. The molecule has 0 heterocycles. The first-order valence-electron chi connectivity index (χ1n) is 4.13. The topological polar surface area (TPSA) is 29.5 Å². The fourth-order valence-electron chi connectivity index (χ4n) is 1.26. The molecule has 2 nitrogen and oxygen atoms in total. The Hall–Kier alpha value is -0.540. The van der Waals surface area contributed by atoms with Gasteiger partial charge in [0, 0.05) is 6.61 Å². The lowest BCUT2D eigenvalue weighted by molar-refractivity contribution is 0.299. The van der Waals surface area contributed by atoms with Gasteiger partial charge in [-0.25, -0.2) is 0 Å². The van der Waals surface area contributed by atoms with E-state index < -0.39 is 0 Å². The van der Waals surface area contributed by atoms with Gasteiger partial charge < -0.3 is 9.84 Å². The van der Waals surface area contributed by atoms with E-state index in [0.717, 1.165) is 21.3 Å². The molecule has 1 rings (SSSR count). The van der Waals surface area contributed by atoms with E-state index in [4.69, 9.17) is 9.84 Å². The molecule has 0 aliphatic carbocycles. The van der Waals surface area contributed by atoms with E-state index in [1.54, 1.807) is 7.11 Å². The number of hydrogen-bond acceptors (Lipinski definition) is 2. The average molecular weight is 245 g/mol. The first-order chi connectivity index (χ1) is 6.19. The number of aryl methyl sites for hydroxylation is 1. The van der Waals surface area contributed by atoms with Crippen molar-refractivity contribution in [3.63, 3.8) is 0 Å². The van der Waals surface area contributed by atoms with E-state index in [1.165, 1.54) is 0 Å². The summed E-state index contributed by atoms with van der Waals surface area (Å²) >= 11 is 3.44. The Morgan fingerprint density at radius 3 is 2.69 bits per heavy atom. The smallest absolute Gasteiger partial charge is 0.133 e. The second-order valence-corrected chi connectivity index (χ2v) is 3.71. The van der Waals surface area contributed by atoms with Gasteiger partial charge in [0.15, 0.2) is 0 Å². The molecule has 0 aromatic heterocycles. The molecule has 0 aliphatic rings. The minimum atomic E-state index is 0.158. The minimum absolute atomic E-state index is 0.158. The Labute approximate surface area is 86.7 Å². The van der Waals surface area contributed by atoms with Gasteiger partial charge in [-0.1, -0.05) is 6.07 Å². The van der Waals surface area contributed by atoms with Crippen molar-refractivity contribution < 1.29 is 9.84 Å². The summed E-state index contributed by atoms with van der Waals surface area (Å²) in [5, 5.41) is 8.84. The number of rotatable bonds is 3. The molecular weight excluding hydrogens is 232 g/mol. The Morgan fingerprint density at radius 2 is 2.15 bits per heavy atom. The van der Waals surface area contributed by atoms with Crippen LogP contribution in [0.1, 0.15) is 11.1 Å². The lowest BCUT2D eigenvalue weighted by Crippen LogP contribution is -1.95. The molecule has 1 aromatic rings. The van der Waals surface area contributed by atoms with Crippen LogP contribution in [0.2, 0.25) is 0 Å². The van der Waals surface area contributed by atoms with Gasteiger partial charge in [0.2, 0.25) is 0 Å². The Kier molecular flexibility index (Phi) is 3.75. The lowest BCUT2D eigenvalue weighted by atomic mass is 10.1.